The lowest BCUT2D eigenvalue weighted by Gasteiger charge is -2.11. The highest BCUT2D eigenvalue weighted by Gasteiger charge is 2.18. The van der Waals surface area contributed by atoms with Crippen LogP contribution in [0.4, 0.5) is 26.3 Å². The van der Waals surface area contributed by atoms with E-state index in [1.54, 1.807) is 0 Å². The molecule has 0 N–H and O–H groups in total. The zero-order chi connectivity index (χ0) is 25.1. The van der Waals surface area contributed by atoms with Gasteiger partial charge in [-0.15, -0.1) is 0 Å². The molecule has 0 aliphatic heterocycles. The predicted molar refractivity (Wildman–Crippen MR) is 122 cm³/mol. The maximum atomic E-state index is 14.7. The zero-order valence-electron chi connectivity index (χ0n) is 18.5. The molecule has 0 aromatic heterocycles. The first-order chi connectivity index (χ1) is 16.8. The van der Waals surface area contributed by atoms with Crippen molar-refractivity contribution < 1.29 is 31.1 Å². The molecule has 0 saturated carbocycles. The third-order valence-electron chi connectivity index (χ3n) is 5.35. The first-order valence-corrected chi connectivity index (χ1v) is 10.8. The largest absolute Gasteiger partial charge is 0.493 e. The van der Waals surface area contributed by atoms with E-state index in [2.05, 4.69) is 11.8 Å². The van der Waals surface area contributed by atoms with E-state index in [0.717, 1.165) is 36.8 Å². The summed E-state index contributed by atoms with van der Waals surface area (Å²) in [5.74, 6) is -1.34. The van der Waals surface area contributed by atoms with E-state index in [0.29, 0.717) is 17.4 Å². The van der Waals surface area contributed by atoms with E-state index in [-0.39, 0.29) is 23.3 Å². The van der Waals surface area contributed by atoms with Crippen LogP contribution in [0.1, 0.15) is 30.9 Å². The zero-order valence-corrected chi connectivity index (χ0v) is 18.5. The summed E-state index contributed by atoms with van der Waals surface area (Å²) in [5.41, 5.74) is -1.21. The average molecular weight is 484 g/mol. The monoisotopic (exact) mass is 484 g/mol. The Labute approximate surface area is 198 Å². The number of hydrogen-bond acceptors (Lipinski definition) is 1. The van der Waals surface area contributed by atoms with E-state index in [4.69, 9.17) is 4.74 Å². The van der Waals surface area contributed by atoms with Crippen molar-refractivity contribution in [3.05, 3.63) is 101 Å². The fraction of sp³-hybridized carbons (Fsp3) is 0.143. The summed E-state index contributed by atoms with van der Waals surface area (Å²) >= 11 is 0. The SMILES string of the molecule is CCCCOc1cc(F)c(-c2cc(F)c(C#Cc3ccc4c(F)c(F)ccc4c3)c(F)c2)c(F)c1. The fourth-order valence-electron chi connectivity index (χ4n) is 3.56. The van der Waals surface area contributed by atoms with Crippen LogP contribution >= 0.6 is 0 Å². The Bertz CT molecular complexity index is 1440. The van der Waals surface area contributed by atoms with Gasteiger partial charge in [0, 0.05) is 23.1 Å². The van der Waals surface area contributed by atoms with Crippen molar-refractivity contribution in [3.8, 4) is 28.7 Å². The van der Waals surface area contributed by atoms with Gasteiger partial charge in [0.05, 0.1) is 17.7 Å². The number of unbranched alkanes of at least 4 members (excludes halogenated alkanes) is 1. The molecular weight excluding hydrogens is 466 g/mol. The molecule has 0 atom stereocenters. The summed E-state index contributed by atoms with van der Waals surface area (Å²) in [5, 5.41) is 0.406. The van der Waals surface area contributed by atoms with E-state index in [9.17, 15) is 26.3 Å². The lowest BCUT2D eigenvalue weighted by atomic mass is 10.0. The summed E-state index contributed by atoms with van der Waals surface area (Å²) in [4.78, 5) is 0. The summed E-state index contributed by atoms with van der Waals surface area (Å²) in [6.07, 6.45) is 1.55. The summed E-state index contributed by atoms with van der Waals surface area (Å²) in [6.45, 7) is 2.23. The molecule has 0 amide bonds. The Morgan fingerprint density at radius 2 is 1.40 bits per heavy atom. The Kier molecular flexibility index (Phi) is 7.02. The lowest BCUT2D eigenvalue weighted by molar-refractivity contribution is 0.306. The molecule has 0 heterocycles. The van der Waals surface area contributed by atoms with E-state index < -0.39 is 46.0 Å². The summed E-state index contributed by atoms with van der Waals surface area (Å²) in [7, 11) is 0. The third-order valence-corrected chi connectivity index (χ3v) is 5.35. The molecule has 0 saturated heterocycles. The van der Waals surface area contributed by atoms with Crippen molar-refractivity contribution in [3.63, 3.8) is 0 Å². The molecule has 178 valence electrons. The van der Waals surface area contributed by atoms with Crippen molar-refractivity contribution in [2.75, 3.05) is 6.61 Å². The van der Waals surface area contributed by atoms with E-state index in [1.165, 1.54) is 24.3 Å². The van der Waals surface area contributed by atoms with Gasteiger partial charge >= 0.3 is 0 Å². The molecule has 4 aromatic carbocycles. The van der Waals surface area contributed by atoms with Crippen molar-refractivity contribution >= 4 is 10.8 Å². The van der Waals surface area contributed by atoms with Gasteiger partial charge in [0.2, 0.25) is 0 Å². The summed E-state index contributed by atoms with van der Waals surface area (Å²) in [6, 6.07) is 10.00. The summed E-state index contributed by atoms with van der Waals surface area (Å²) < 4.78 is 91.0. The molecular formula is C28H18F6O. The second kappa shape index (κ2) is 10.1. The normalized spacial score (nSPS) is 10.8. The van der Waals surface area contributed by atoms with Gasteiger partial charge in [-0.25, -0.2) is 26.3 Å². The molecule has 35 heavy (non-hydrogen) atoms. The van der Waals surface area contributed by atoms with Crippen LogP contribution in [0.2, 0.25) is 0 Å². The number of ether oxygens (including phenoxy) is 1. The second-order valence-corrected chi connectivity index (χ2v) is 7.83. The minimum Gasteiger partial charge on any atom is -0.493 e. The smallest absolute Gasteiger partial charge is 0.166 e. The van der Waals surface area contributed by atoms with Gasteiger partial charge in [-0.1, -0.05) is 37.3 Å². The van der Waals surface area contributed by atoms with Gasteiger partial charge in [-0.05, 0) is 47.7 Å². The molecule has 0 fully saturated rings. The van der Waals surface area contributed by atoms with Crippen LogP contribution in [0.5, 0.6) is 5.75 Å². The molecule has 1 nitrogen and oxygen atoms in total. The van der Waals surface area contributed by atoms with E-state index in [1.807, 2.05) is 6.92 Å². The number of rotatable bonds is 5. The molecule has 7 heteroatoms. The molecule has 0 bridgehead atoms. The Balaban J connectivity index is 1.65. The minimum absolute atomic E-state index is 0.0152. The van der Waals surface area contributed by atoms with Gasteiger partial charge < -0.3 is 4.74 Å². The Morgan fingerprint density at radius 1 is 0.714 bits per heavy atom. The van der Waals surface area contributed by atoms with Crippen molar-refractivity contribution in [2.45, 2.75) is 19.8 Å². The van der Waals surface area contributed by atoms with Crippen LogP contribution in [0.15, 0.2) is 54.6 Å². The minimum atomic E-state index is -1.11. The number of benzene rings is 4. The number of halogens is 6. The van der Waals surface area contributed by atoms with Crippen molar-refractivity contribution in [2.24, 2.45) is 0 Å². The first-order valence-electron chi connectivity index (χ1n) is 10.8. The van der Waals surface area contributed by atoms with Crippen molar-refractivity contribution in [1.29, 1.82) is 0 Å². The van der Waals surface area contributed by atoms with Crippen LogP contribution in [-0.4, -0.2) is 6.61 Å². The molecule has 4 rings (SSSR count). The molecule has 0 unspecified atom stereocenters. The van der Waals surface area contributed by atoms with Gasteiger partial charge in [-0.3, -0.25) is 0 Å². The quantitative estimate of drug-likeness (QED) is 0.159. The fourth-order valence-corrected chi connectivity index (χ4v) is 3.56. The first kappa shape index (κ1) is 24.2. The maximum Gasteiger partial charge on any atom is 0.166 e. The molecule has 4 aromatic rings. The van der Waals surface area contributed by atoms with Gasteiger partial charge in [0.1, 0.15) is 29.0 Å². The third kappa shape index (κ3) is 5.12. The van der Waals surface area contributed by atoms with Crippen LogP contribution < -0.4 is 4.74 Å². The molecule has 0 radical (unpaired) electrons. The molecule has 0 aliphatic rings. The van der Waals surface area contributed by atoms with E-state index >= 15 is 0 Å². The molecule has 0 aliphatic carbocycles. The van der Waals surface area contributed by atoms with Crippen LogP contribution in [0, 0.1) is 46.7 Å². The highest BCUT2D eigenvalue weighted by molar-refractivity contribution is 5.84. The van der Waals surface area contributed by atoms with Crippen LogP contribution in [0.25, 0.3) is 21.9 Å². The average Bonchev–Trinajstić information content (AvgIpc) is 2.81. The van der Waals surface area contributed by atoms with Gasteiger partial charge in [0.25, 0.3) is 0 Å². The Morgan fingerprint density at radius 3 is 2.06 bits per heavy atom. The number of fused-ring (bicyclic) bond motifs is 1. The lowest BCUT2D eigenvalue weighted by Crippen LogP contribution is -2.00. The topological polar surface area (TPSA) is 9.23 Å². The molecule has 0 spiro atoms. The van der Waals surface area contributed by atoms with Gasteiger partial charge in [-0.2, -0.15) is 0 Å². The second-order valence-electron chi connectivity index (χ2n) is 7.83. The maximum absolute atomic E-state index is 14.7. The Hall–Kier alpha value is -3.92. The highest BCUT2D eigenvalue weighted by atomic mass is 19.2. The van der Waals surface area contributed by atoms with Gasteiger partial charge in [0.15, 0.2) is 11.6 Å². The van der Waals surface area contributed by atoms with Crippen LogP contribution in [0.3, 0.4) is 0 Å². The predicted octanol–water partition coefficient (Wildman–Crippen LogP) is 7.92. The van der Waals surface area contributed by atoms with Crippen LogP contribution in [-0.2, 0) is 0 Å². The standard InChI is InChI=1S/C28H18F6O/c1-2-3-10-35-19-14-25(32)27(26(33)15-19)18-12-23(30)21(24(31)13-18)8-5-16-4-7-20-17(11-16)6-9-22(29)28(20)34/h4,6-7,9,11-15H,2-3,10H2,1H3. The number of hydrogen-bond donors (Lipinski definition) is 0. The highest BCUT2D eigenvalue weighted by Crippen LogP contribution is 2.32. The van der Waals surface area contributed by atoms with Crippen molar-refractivity contribution in [1.82, 2.24) is 0 Å².